The fourth-order valence-electron chi connectivity index (χ4n) is 0.263. The monoisotopic (exact) mass is 199 g/mol. The second-order valence-electron chi connectivity index (χ2n) is 1.95. The van der Waals surface area contributed by atoms with Gasteiger partial charge in [0.2, 0.25) is 0 Å². The van der Waals surface area contributed by atoms with E-state index in [1.807, 2.05) is 13.0 Å². The molecule has 0 radical (unpaired) electrons. The summed E-state index contributed by atoms with van der Waals surface area (Å²) in [4.78, 5) is 8.90. The number of hydrogen-bond donors (Lipinski definition) is 2. The summed E-state index contributed by atoms with van der Waals surface area (Å²) in [6.45, 7) is 2.76. The quantitative estimate of drug-likeness (QED) is 0.663. The van der Waals surface area contributed by atoms with Crippen LogP contribution in [0.5, 0.6) is 0 Å². The standard InChI is InChI=1S/C5H11N.C2HF3O2/c1-2-3-4-5-6;3-2(4,5)1(6)7/h2-3H,4-6H2,1H3;(H,6,7). The average molecular weight is 199 g/mol. The van der Waals surface area contributed by atoms with Crippen LogP contribution in [0.1, 0.15) is 13.3 Å². The minimum absolute atomic E-state index is 0.768. The van der Waals surface area contributed by atoms with Crippen LogP contribution in [0.25, 0.3) is 0 Å². The van der Waals surface area contributed by atoms with E-state index in [1.165, 1.54) is 0 Å². The summed E-state index contributed by atoms with van der Waals surface area (Å²) in [5, 5.41) is 7.12. The highest BCUT2D eigenvalue weighted by Crippen LogP contribution is 2.13. The number of alkyl halides is 3. The van der Waals surface area contributed by atoms with Gasteiger partial charge in [-0.15, -0.1) is 0 Å². The smallest absolute Gasteiger partial charge is 0.475 e. The third-order valence-corrected chi connectivity index (χ3v) is 0.812. The molecule has 0 aromatic carbocycles. The van der Waals surface area contributed by atoms with E-state index in [0.717, 1.165) is 13.0 Å². The van der Waals surface area contributed by atoms with Gasteiger partial charge in [-0.1, -0.05) is 12.2 Å². The molecule has 0 atom stereocenters. The Hall–Kier alpha value is -1.04. The highest BCUT2D eigenvalue weighted by Gasteiger charge is 2.38. The van der Waals surface area contributed by atoms with Crippen molar-refractivity contribution in [3.8, 4) is 0 Å². The number of carboxylic acid groups (broad SMARTS) is 1. The lowest BCUT2D eigenvalue weighted by Crippen LogP contribution is -2.21. The zero-order chi connectivity index (χ0) is 10.9. The second-order valence-corrected chi connectivity index (χ2v) is 1.95. The molecule has 0 saturated heterocycles. The van der Waals surface area contributed by atoms with Gasteiger partial charge in [0.05, 0.1) is 0 Å². The van der Waals surface area contributed by atoms with E-state index < -0.39 is 12.1 Å². The maximum atomic E-state index is 10.6. The summed E-state index contributed by atoms with van der Waals surface area (Å²) in [5.41, 5.74) is 5.16. The number of halogens is 3. The van der Waals surface area contributed by atoms with Crippen molar-refractivity contribution >= 4 is 5.97 Å². The Bertz CT molecular complexity index is 166. The lowest BCUT2D eigenvalue weighted by Gasteiger charge is -1.93. The Balaban J connectivity index is 0. The molecule has 3 N–H and O–H groups in total. The van der Waals surface area contributed by atoms with Gasteiger partial charge in [0.1, 0.15) is 0 Å². The molecule has 0 aliphatic rings. The molecule has 0 bridgehead atoms. The predicted octanol–water partition coefficient (Wildman–Crippen LogP) is 1.54. The topological polar surface area (TPSA) is 63.3 Å². The van der Waals surface area contributed by atoms with Gasteiger partial charge in [0.25, 0.3) is 0 Å². The largest absolute Gasteiger partial charge is 0.490 e. The molecule has 0 saturated carbocycles. The first-order valence-electron chi connectivity index (χ1n) is 3.47. The summed E-state index contributed by atoms with van der Waals surface area (Å²) in [5.74, 6) is -2.76. The fourth-order valence-corrected chi connectivity index (χ4v) is 0.263. The van der Waals surface area contributed by atoms with E-state index in [1.54, 1.807) is 0 Å². The van der Waals surface area contributed by atoms with Crippen molar-refractivity contribution < 1.29 is 23.1 Å². The van der Waals surface area contributed by atoms with Gasteiger partial charge >= 0.3 is 12.1 Å². The van der Waals surface area contributed by atoms with Gasteiger partial charge < -0.3 is 10.8 Å². The molecule has 0 spiro atoms. The van der Waals surface area contributed by atoms with Gasteiger partial charge in [0.15, 0.2) is 0 Å². The van der Waals surface area contributed by atoms with Crippen LogP contribution in [0.2, 0.25) is 0 Å². The number of carbonyl (C=O) groups is 1. The summed E-state index contributed by atoms with van der Waals surface area (Å²) in [6.07, 6.45) is -0.0106. The van der Waals surface area contributed by atoms with E-state index in [9.17, 15) is 13.2 Å². The SMILES string of the molecule is CC=CCCN.O=C(O)C(F)(F)F. The summed E-state index contributed by atoms with van der Waals surface area (Å²) >= 11 is 0. The number of rotatable bonds is 2. The Morgan fingerprint density at radius 3 is 2.00 bits per heavy atom. The molecule has 0 aromatic heterocycles. The highest BCUT2D eigenvalue weighted by molar-refractivity contribution is 5.73. The minimum Gasteiger partial charge on any atom is -0.475 e. The molecular weight excluding hydrogens is 187 g/mol. The molecular formula is C7H12F3NO2. The molecule has 0 rings (SSSR count). The third-order valence-electron chi connectivity index (χ3n) is 0.812. The molecule has 0 amide bonds. The minimum atomic E-state index is -5.08. The first-order valence-corrected chi connectivity index (χ1v) is 3.47. The van der Waals surface area contributed by atoms with E-state index in [4.69, 9.17) is 15.6 Å². The van der Waals surface area contributed by atoms with E-state index in [2.05, 4.69) is 6.08 Å². The van der Waals surface area contributed by atoms with E-state index in [0.29, 0.717) is 0 Å². The lowest BCUT2D eigenvalue weighted by atomic mass is 10.4. The molecule has 0 fully saturated rings. The van der Waals surface area contributed by atoms with E-state index >= 15 is 0 Å². The molecule has 0 aliphatic carbocycles. The molecule has 0 unspecified atom stereocenters. The highest BCUT2D eigenvalue weighted by atomic mass is 19.4. The zero-order valence-corrected chi connectivity index (χ0v) is 7.14. The number of allylic oxidation sites excluding steroid dienone is 1. The number of hydrogen-bond acceptors (Lipinski definition) is 2. The molecule has 0 aliphatic heterocycles. The van der Waals surface area contributed by atoms with Crippen molar-refractivity contribution in [1.29, 1.82) is 0 Å². The van der Waals surface area contributed by atoms with Crippen LogP contribution in [0.3, 0.4) is 0 Å². The van der Waals surface area contributed by atoms with Crippen molar-refractivity contribution in [2.75, 3.05) is 6.54 Å². The fraction of sp³-hybridized carbons (Fsp3) is 0.571. The number of nitrogens with two attached hydrogens (primary N) is 1. The Kier molecular flexibility index (Phi) is 8.47. The lowest BCUT2D eigenvalue weighted by molar-refractivity contribution is -0.192. The van der Waals surface area contributed by atoms with Crippen molar-refractivity contribution in [1.82, 2.24) is 0 Å². The van der Waals surface area contributed by atoms with Crippen molar-refractivity contribution in [3.05, 3.63) is 12.2 Å². The summed E-state index contributed by atoms with van der Waals surface area (Å²) < 4.78 is 31.7. The second kappa shape index (κ2) is 7.60. The first-order chi connectivity index (χ1) is 5.86. The molecule has 0 heterocycles. The van der Waals surface area contributed by atoms with Crippen LogP contribution in [-0.2, 0) is 4.79 Å². The van der Waals surface area contributed by atoms with Gasteiger partial charge in [0, 0.05) is 0 Å². The van der Waals surface area contributed by atoms with Crippen molar-refractivity contribution in [2.24, 2.45) is 5.73 Å². The molecule has 13 heavy (non-hydrogen) atoms. The number of carboxylic acids is 1. The Labute approximate surface area is 74.0 Å². The Morgan fingerprint density at radius 1 is 1.54 bits per heavy atom. The van der Waals surface area contributed by atoms with Crippen LogP contribution in [-0.4, -0.2) is 23.8 Å². The third kappa shape index (κ3) is 13.9. The van der Waals surface area contributed by atoms with E-state index in [-0.39, 0.29) is 0 Å². The summed E-state index contributed by atoms with van der Waals surface area (Å²) in [6, 6.07) is 0. The molecule has 0 aromatic rings. The van der Waals surface area contributed by atoms with Crippen LogP contribution in [0.15, 0.2) is 12.2 Å². The number of aliphatic carboxylic acids is 1. The van der Waals surface area contributed by atoms with Crippen molar-refractivity contribution in [2.45, 2.75) is 19.5 Å². The Morgan fingerprint density at radius 2 is 1.92 bits per heavy atom. The normalized spacial score (nSPS) is 10.8. The average Bonchev–Trinajstić information content (AvgIpc) is 2.00. The van der Waals surface area contributed by atoms with Crippen LogP contribution < -0.4 is 5.73 Å². The maximum Gasteiger partial charge on any atom is 0.490 e. The van der Waals surface area contributed by atoms with Crippen LogP contribution >= 0.6 is 0 Å². The van der Waals surface area contributed by atoms with Gasteiger partial charge in [-0.3, -0.25) is 0 Å². The van der Waals surface area contributed by atoms with Gasteiger partial charge in [-0.2, -0.15) is 13.2 Å². The van der Waals surface area contributed by atoms with Crippen LogP contribution in [0, 0.1) is 0 Å². The van der Waals surface area contributed by atoms with Gasteiger partial charge in [-0.25, -0.2) is 4.79 Å². The van der Waals surface area contributed by atoms with Crippen LogP contribution in [0.4, 0.5) is 13.2 Å². The van der Waals surface area contributed by atoms with Crippen molar-refractivity contribution in [3.63, 3.8) is 0 Å². The predicted molar refractivity (Wildman–Crippen MR) is 42.2 cm³/mol. The first kappa shape index (κ1) is 14.5. The molecule has 3 nitrogen and oxygen atoms in total. The molecule has 78 valence electrons. The summed E-state index contributed by atoms with van der Waals surface area (Å²) in [7, 11) is 0. The maximum absolute atomic E-state index is 10.6. The molecule has 6 heteroatoms. The van der Waals surface area contributed by atoms with Gasteiger partial charge in [-0.05, 0) is 19.9 Å². The zero-order valence-electron chi connectivity index (χ0n) is 7.14.